The lowest BCUT2D eigenvalue weighted by molar-refractivity contribution is -0.143. The average Bonchev–Trinajstić information content (AvgIpc) is 3.38. The molecule has 32 heavy (non-hydrogen) atoms. The molecule has 2 saturated heterocycles. The van der Waals surface area contributed by atoms with Gasteiger partial charge < -0.3 is 10.4 Å². The van der Waals surface area contributed by atoms with Crippen LogP contribution in [0.25, 0.3) is 0 Å². The number of hydrogen-bond donors (Lipinski definition) is 3. The maximum Gasteiger partial charge on any atom is 0.250 e. The zero-order valence-electron chi connectivity index (χ0n) is 17.5. The zero-order chi connectivity index (χ0) is 22.6. The predicted molar refractivity (Wildman–Crippen MR) is 119 cm³/mol. The highest BCUT2D eigenvalue weighted by molar-refractivity contribution is 6.30. The van der Waals surface area contributed by atoms with Crippen molar-refractivity contribution < 1.29 is 19.5 Å². The number of nitrogens with zero attached hydrogens (tertiary/aromatic N) is 1. The van der Waals surface area contributed by atoms with Gasteiger partial charge in [0.05, 0.1) is 24.0 Å². The Morgan fingerprint density at radius 3 is 2.53 bits per heavy atom. The number of rotatable bonds is 5. The van der Waals surface area contributed by atoms with E-state index in [1.165, 1.54) is 4.90 Å². The van der Waals surface area contributed by atoms with Crippen molar-refractivity contribution in [1.82, 2.24) is 10.2 Å². The van der Waals surface area contributed by atoms with Gasteiger partial charge in [-0.1, -0.05) is 55.3 Å². The van der Waals surface area contributed by atoms with Crippen LogP contribution < -0.4 is 10.6 Å². The number of carbonyl (C=O) groups excluding carboxylic acids is 3. The van der Waals surface area contributed by atoms with Crippen LogP contribution in [0.3, 0.4) is 0 Å². The number of carbonyl (C=O) groups is 3. The van der Waals surface area contributed by atoms with Crippen molar-refractivity contribution in [2.45, 2.75) is 37.5 Å². The summed E-state index contributed by atoms with van der Waals surface area (Å²) in [4.78, 5) is 41.7. The number of likely N-dealkylation sites (tertiary alicyclic amines) is 1. The van der Waals surface area contributed by atoms with Crippen LogP contribution in [0.15, 0.2) is 48.5 Å². The molecule has 5 rings (SSSR count). The Morgan fingerprint density at radius 2 is 1.81 bits per heavy atom. The number of fused-ring (bicyclic) bond motifs is 4. The van der Waals surface area contributed by atoms with Gasteiger partial charge in [0.2, 0.25) is 17.7 Å². The minimum atomic E-state index is -1.41. The van der Waals surface area contributed by atoms with E-state index in [0.29, 0.717) is 34.8 Å². The van der Waals surface area contributed by atoms with Crippen LogP contribution in [0.5, 0.6) is 0 Å². The van der Waals surface area contributed by atoms with E-state index in [-0.39, 0.29) is 17.7 Å². The molecule has 3 N–H and O–H groups in total. The maximum absolute atomic E-state index is 13.6. The van der Waals surface area contributed by atoms with Gasteiger partial charge in [-0.2, -0.15) is 0 Å². The molecule has 7 nitrogen and oxygen atoms in total. The number of amides is 3. The van der Waals surface area contributed by atoms with E-state index in [4.69, 9.17) is 11.6 Å². The van der Waals surface area contributed by atoms with E-state index >= 15 is 0 Å². The molecule has 1 spiro atoms. The number of nitrogens with one attached hydrogen (secondary N) is 2. The summed E-state index contributed by atoms with van der Waals surface area (Å²) in [6.07, 6.45) is 0.406. The van der Waals surface area contributed by atoms with Crippen LogP contribution in [-0.4, -0.2) is 40.3 Å². The summed E-state index contributed by atoms with van der Waals surface area (Å²) in [6, 6.07) is 13.1. The van der Waals surface area contributed by atoms with Gasteiger partial charge in [-0.15, -0.1) is 0 Å². The molecule has 5 atom stereocenters. The van der Waals surface area contributed by atoms with Gasteiger partial charge in [-0.25, -0.2) is 0 Å². The Morgan fingerprint density at radius 1 is 1.09 bits per heavy atom. The van der Waals surface area contributed by atoms with E-state index in [1.54, 1.807) is 48.5 Å². The third-order valence-electron chi connectivity index (χ3n) is 6.94. The lowest BCUT2D eigenvalue weighted by atomic mass is 9.76. The standard InChI is InChI=1S/C24H24ClN3O4/c1-2-3-12-28-21(30)17-18(22(28)31)24(15-6-4-5-7-16(15)26-23(24)32)27-19(17)20(29)13-8-10-14(25)11-9-13/h4-11,17-20,27,29H,2-3,12H2,1H3,(H,26,32)/t17-,18+,19+,20+,24+/m0/s1. The summed E-state index contributed by atoms with van der Waals surface area (Å²) in [7, 11) is 0. The van der Waals surface area contributed by atoms with Crippen molar-refractivity contribution in [3.05, 3.63) is 64.7 Å². The largest absolute Gasteiger partial charge is 0.387 e. The molecule has 3 amide bonds. The van der Waals surface area contributed by atoms with Crippen molar-refractivity contribution in [1.29, 1.82) is 0 Å². The van der Waals surface area contributed by atoms with Gasteiger partial charge >= 0.3 is 0 Å². The first-order valence-electron chi connectivity index (χ1n) is 10.9. The lowest BCUT2D eigenvalue weighted by Crippen LogP contribution is -2.54. The Labute approximate surface area is 190 Å². The van der Waals surface area contributed by atoms with Gasteiger partial charge in [0.1, 0.15) is 5.54 Å². The molecule has 0 aliphatic carbocycles. The third-order valence-corrected chi connectivity index (χ3v) is 7.19. The van der Waals surface area contributed by atoms with E-state index in [1.807, 2.05) is 6.92 Å². The lowest BCUT2D eigenvalue weighted by Gasteiger charge is -2.30. The van der Waals surface area contributed by atoms with Crippen LogP contribution in [0.4, 0.5) is 5.69 Å². The van der Waals surface area contributed by atoms with Gasteiger partial charge in [-0.3, -0.25) is 24.6 Å². The molecule has 2 aromatic carbocycles. The van der Waals surface area contributed by atoms with Gasteiger partial charge in [0.25, 0.3) is 0 Å². The molecule has 166 valence electrons. The highest BCUT2D eigenvalue weighted by Crippen LogP contribution is 2.54. The number of aliphatic hydroxyl groups excluding tert-OH is 1. The van der Waals surface area contributed by atoms with Gasteiger partial charge in [-0.05, 0) is 30.2 Å². The summed E-state index contributed by atoms with van der Waals surface area (Å²) < 4.78 is 0. The quantitative estimate of drug-likeness (QED) is 0.604. The number of hydrogen-bond acceptors (Lipinski definition) is 5. The molecule has 0 radical (unpaired) electrons. The summed E-state index contributed by atoms with van der Waals surface area (Å²) in [5.41, 5.74) is 0.385. The number of benzene rings is 2. The molecule has 0 saturated carbocycles. The molecule has 2 aromatic rings. The number of imide groups is 1. The fraction of sp³-hybridized carbons (Fsp3) is 0.375. The number of anilines is 1. The maximum atomic E-state index is 13.6. The topological polar surface area (TPSA) is 98.7 Å². The summed E-state index contributed by atoms with van der Waals surface area (Å²) in [5.74, 6) is -2.87. The van der Waals surface area contributed by atoms with Crippen molar-refractivity contribution >= 4 is 35.0 Å². The van der Waals surface area contributed by atoms with Crippen molar-refractivity contribution in [2.75, 3.05) is 11.9 Å². The minimum absolute atomic E-state index is 0.310. The SMILES string of the molecule is CCCCN1C(=O)[C@@H]2[C@H]([C@H](O)c3ccc(Cl)cc3)N[C@@]3(C(=O)Nc4ccccc43)[C@H]2C1=O. The van der Waals surface area contributed by atoms with Crippen LogP contribution in [-0.2, 0) is 19.9 Å². The van der Waals surface area contributed by atoms with Crippen LogP contribution >= 0.6 is 11.6 Å². The molecular weight excluding hydrogens is 430 g/mol. The molecule has 3 aliphatic rings. The molecule has 3 aliphatic heterocycles. The predicted octanol–water partition coefficient (Wildman–Crippen LogP) is 2.59. The second kappa shape index (κ2) is 7.69. The normalized spacial score (nSPS) is 29.4. The molecule has 0 bridgehead atoms. The first-order valence-corrected chi connectivity index (χ1v) is 11.3. The third kappa shape index (κ3) is 2.85. The second-order valence-corrected chi connectivity index (χ2v) is 9.10. The Bertz CT molecular complexity index is 1100. The first kappa shape index (κ1) is 21.1. The number of aliphatic hydroxyl groups is 1. The molecular formula is C24H24ClN3O4. The van der Waals surface area contributed by atoms with E-state index < -0.39 is 29.5 Å². The molecule has 3 heterocycles. The highest BCUT2D eigenvalue weighted by Gasteiger charge is 2.71. The number of para-hydroxylation sites is 1. The van der Waals surface area contributed by atoms with Crippen LogP contribution in [0.1, 0.15) is 37.0 Å². The Balaban J connectivity index is 1.63. The van der Waals surface area contributed by atoms with Crippen LogP contribution in [0, 0.1) is 11.8 Å². The van der Waals surface area contributed by atoms with Crippen LogP contribution in [0.2, 0.25) is 5.02 Å². The molecule has 0 unspecified atom stereocenters. The van der Waals surface area contributed by atoms with E-state index in [2.05, 4.69) is 10.6 Å². The Kier molecular flexibility index (Phi) is 5.08. The minimum Gasteiger partial charge on any atom is -0.387 e. The fourth-order valence-corrected chi connectivity index (χ4v) is 5.55. The van der Waals surface area contributed by atoms with E-state index in [9.17, 15) is 19.5 Å². The number of halogens is 1. The zero-order valence-corrected chi connectivity index (χ0v) is 18.3. The summed E-state index contributed by atoms with van der Waals surface area (Å²) in [6.45, 7) is 2.30. The van der Waals surface area contributed by atoms with Gasteiger partial charge in [0, 0.05) is 22.8 Å². The molecule has 0 aromatic heterocycles. The van der Waals surface area contributed by atoms with E-state index in [0.717, 1.165) is 6.42 Å². The monoisotopic (exact) mass is 453 g/mol. The second-order valence-electron chi connectivity index (χ2n) is 8.66. The summed E-state index contributed by atoms with van der Waals surface area (Å²) >= 11 is 5.99. The van der Waals surface area contributed by atoms with Crippen molar-refractivity contribution in [3.8, 4) is 0 Å². The molecule has 8 heteroatoms. The fourth-order valence-electron chi connectivity index (χ4n) is 5.42. The van der Waals surface area contributed by atoms with Gasteiger partial charge in [0.15, 0.2) is 0 Å². The first-order chi connectivity index (χ1) is 15.4. The molecule has 2 fully saturated rings. The number of unbranched alkanes of at least 4 members (excludes halogenated alkanes) is 1. The highest BCUT2D eigenvalue weighted by atomic mass is 35.5. The summed E-state index contributed by atoms with van der Waals surface area (Å²) in [5, 5.41) is 17.9. The smallest absolute Gasteiger partial charge is 0.250 e. The average molecular weight is 454 g/mol. The Hall–Kier alpha value is -2.74. The van der Waals surface area contributed by atoms with Crippen molar-refractivity contribution in [3.63, 3.8) is 0 Å². The van der Waals surface area contributed by atoms with Crippen molar-refractivity contribution in [2.24, 2.45) is 11.8 Å².